The first-order valence-electron chi connectivity index (χ1n) is 5.52. The van der Waals surface area contributed by atoms with Crippen LogP contribution in [0.4, 0.5) is 19.0 Å². The van der Waals surface area contributed by atoms with E-state index in [9.17, 15) is 18.3 Å². The van der Waals surface area contributed by atoms with Crippen LogP contribution in [0.15, 0.2) is 6.20 Å². The lowest BCUT2D eigenvalue weighted by molar-refractivity contribution is -0.207. The third-order valence-electron chi connectivity index (χ3n) is 3.14. The number of hydrogen-bond acceptors (Lipinski definition) is 6. The Hall–Kier alpha value is -1.23. The molecule has 1 unspecified atom stereocenters. The zero-order valence-electron chi connectivity index (χ0n) is 10.3. The molecule has 4 N–H and O–H groups in total. The van der Waals surface area contributed by atoms with Gasteiger partial charge < -0.3 is 20.7 Å². The molecule has 112 valence electrons. The molecule has 4 atom stereocenters. The fraction of sp³-hybridized carbons (Fsp3) is 0.600. The van der Waals surface area contributed by atoms with Gasteiger partial charge in [-0.15, -0.1) is 0 Å². The van der Waals surface area contributed by atoms with E-state index < -0.39 is 42.1 Å². The van der Waals surface area contributed by atoms with Crippen LogP contribution >= 0.6 is 12.2 Å². The minimum Gasteiger partial charge on any atom is -0.390 e. The van der Waals surface area contributed by atoms with Crippen molar-refractivity contribution in [3.63, 3.8) is 0 Å². The summed E-state index contributed by atoms with van der Waals surface area (Å²) in [6.45, 7) is -0.433. The van der Waals surface area contributed by atoms with E-state index in [2.05, 4.69) is 4.98 Å². The Morgan fingerprint density at radius 2 is 2.20 bits per heavy atom. The van der Waals surface area contributed by atoms with E-state index in [0.717, 1.165) is 6.92 Å². The second-order valence-corrected chi connectivity index (χ2v) is 5.00. The summed E-state index contributed by atoms with van der Waals surface area (Å²) in [5.41, 5.74) is 2.53. The number of anilines is 1. The Balaban J connectivity index is 2.54. The first-order valence-corrected chi connectivity index (χ1v) is 5.93. The second kappa shape index (κ2) is 4.65. The van der Waals surface area contributed by atoms with Crippen LogP contribution in [-0.2, 0) is 4.74 Å². The monoisotopic (exact) mass is 311 g/mol. The maximum Gasteiger partial charge on any atom is 0.263 e. The maximum atomic E-state index is 14.5. The summed E-state index contributed by atoms with van der Waals surface area (Å²) in [5, 5.41) is 18.5. The molecular weight excluding hydrogens is 299 g/mol. The van der Waals surface area contributed by atoms with Gasteiger partial charge in [-0.25, -0.2) is 13.2 Å². The summed E-state index contributed by atoms with van der Waals surface area (Å²) >= 11 is 4.78. The summed E-state index contributed by atoms with van der Waals surface area (Å²) < 4.78 is 46.9. The number of ether oxygens (including phenoxy) is 1. The van der Waals surface area contributed by atoms with Crippen LogP contribution in [0, 0.1) is 10.6 Å². The molecule has 1 aromatic rings. The molecule has 0 aliphatic carbocycles. The smallest absolute Gasteiger partial charge is 0.263 e. The third kappa shape index (κ3) is 2.08. The number of nitrogen functional groups attached to an aromatic ring is 1. The largest absolute Gasteiger partial charge is 0.390 e. The SMILES string of the molecule is C[C@@]1(F)C(O)[C@@](F)(CO)O[C@H]1n1cc(F)c(N)nc1=S. The molecule has 0 amide bonds. The number of aliphatic hydroxyl groups excluding tert-OH is 2. The van der Waals surface area contributed by atoms with Crippen molar-refractivity contribution in [2.75, 3.05) is 12.3 Å². The first-order chi connectivity index (χ1) is 9.13. The van der Waals surface area contributed by atoms with Crippen molar-refractivity contribution >= 4 is 18.0 Å². The predicted octanol–water partition coefficient (Wildman–Crippen LogP) is 0.610. The molecule has 2 rings (SSSR count). The predicted molar refractivity (Wildman–Crippen MR) is 64.0 cm³/mol. The van der Waals surface area contributed by atoms with Crippen LogP contribution in [0.1, 0.15) is 13.2 Å². The molecule has 0 saturated carbocycles. The molecular formula is C10H12F3N3O3S. The Morgan fingerprint density at radius 3 is 2.70 bits per heavy atom. The third-order valence-corrected chi connectivity index (χ3v) is 3.44. The van der Waals surface area contributed by atoms with E-state index in [0.29, 0.717) is 10.8 Å². The average molecular weight is 311 g/mol. The molecule has 10 heteroatoms. The Labute approximate surface area is 116 Å². The van der Waals surface area contributed by atoms with Crippen LogP contribution in [0.25, 0.3) is 0 Å². The number of aromatic nitrogens is 2. The summed E-state index contributed by atoms with van der Waals surface area (Å²) in [6.07, 6.45) is -3.39. The number of nitrogens with zero attached hydrogens (tertiary/aromatic N) is 2. The van der Waals surface area contributed by atoms with Crippen molar-refractivity contribution in [3.05, 3.63) is 16.8 Å². The van der Waals surface area contributed by atoms with Gasteiger partial charge in [0.05, 0.1) is 0 Å². The molecule has 2 heterocycles. The van der Waals surface area contributed by atoms with Gasteiger partial charge in [-0.1, -0.05) is 0 Å². The lowest BCUT2D eigenvalue weighted by Gasteiger charge is -2.25. The zero-order valence-corrected chi connectivity index (χ0v) is 11.1. The molecule has 0 aromatic carbocycles. The molecule has 1 aliphatic rings. The Kier molecular flexibility index (Phi) is 3.53. The lowest BCUT2D eigenvalue weighted by atomic mass is 9.97. The van der Waals surface area contributed by atoms with Crippen LogP contribution in [-0.4, -0.2) is 44.0 Å². The highest BCUT2D eigenvalue weighted by Crippen LogP contribution is 2.47. The lowest BCUT2D eigenvalue weighted by Crippen LogP contribution is -2.46. The Bertz CT molecular complexity index is 597. The van der Waals surface area contributed by atoms with Crippen LogP contribution < -0.4 is 5.73 Å². The van der Waals surface area contributed by atoms with Crippen molar-refractivity contribution in [1.82, 2.24) is 9.55 Å². The van der Waals surface area contributed by atoms with E-state index >= 15 is 0 Å². The highest BCUT2D eigenvalue weighted by atomic mass is 32.1. The Morgan fingerprint density at radius 1 is 1.60 bits per heavy atom. The molecule has 0 spiro atoms. The van der Waals surface area contributed by atoms with Gasteiger partial charge in [0.25, 0.3) is 5.85 Å². The number of aliphatic hydroxyl groups is 2. The molecule has 6 nitrogen and oxygen atoms in total. The van der Waals surface area contributed by atoms with Crippen molar-refractivity contribution in [2.24, 2.45) is 0 Å². The first kappa shape index (κ1) is 15.2. The fourth-order valence-electron chi connectivity index (χ4n) is 2.00. The van der Waals surface area contributed by atoms with E-state index in [-0.39, 0.29) is 4.77 Å². The second-order valence-electron chi connectivity index (χ2n) is 4.63. The van der Waals surface area contributed by atoms with Crippen molar-refractivity contribution < 1.29 is 28.1 Å². The van der Waals surface area contributed by atoms with Crippen molar-refractivity contribution in [1.29, 1.82) is 0 Å². The van der Waals surface area contributed by atoms with Crippen LogP contribution in [0.2, 0.25) is 0 Å². The number of nitrogens with two attached hydrogens (primary N) is 1. The van der Waals surface area contributed by atoms with E-state index in [1.54, 1.807) is 0 Å². The zero-order chi connectivity index (χ0) is 15.3. The van der Waals surface area contributed by atoms with Gasteiger partial charge in [0, 0.05) is 6.20 Å². The number of rotatable bonds is 2. The highest BCUT2D eigenvalue weighted by Gasteiger charge is 2.64. The fourth-order valence-corrected chi connectivity index (χ4v) is 2.25. The highest BCUT2D eigenvalue weighted by molar-refractivity contribution is 7.71. The van der Waals surface area contributed by atoms with Crippen LogP contribution in [0.3, 0.4) is 0 Å². The van der Waals surface area contributed by atoms with Gasteiger partial charge in [0.15, 0.2) is 29.6 Å². The summed E-state index contributed by atoms with van der Waals surface area (Å²) in [6, 6.07) is 0. The normalized spacial score (nSPS) is 37.3. The van der Waals surface area contributed by atoms with Crippen LogP contribution in [0.5, 0.6) is 0 Å². The van der Waals surface area contributed by atoms with Crippen molar-refractivity contribution in [2.45, 2.75) is 30.8 Å². The summed E-state index contributed by atoms with van der Waals surface area (Å²) in [5.74, 6) is -4.53. The molecule has 20 heavy (non-hydrogen) atoms. The standard InChI is InChI=1S/C10H12F3N3O3S/c1-9(12)6(18)10(13,3-17)19-7(9)16-2-4(11)5(14)15-8(16)20/h2,6-7,17-18H,3H2,1H3,(H2,14,15,20)/t6?,7-,9-,10-/m1/s1. The molecule has 1 fully saturated rings. The molecule has 1 saturated heterocycles. The van der Waals surface area contributed by atoms with Gasteiger partial charge in [0.1, 0.15) is 6.61 Å². The molecule has 0 bridgehead atoms. The topological polar surface area (TPSA) is 93.5 Å². The van der Waals surface area contributed by atoms with Gasteiger partial charge in [0.2, 0.25) is 4.77 Å². The average Bonchev–Trinajstić information content (AvgIpc) is 2.56. The molecule has 1 aliphatic heterocycles. The van der Waals surface area contributed by atoms with E-state index in [1.807, 2.05) is 0 Å². The number of halogens is 3. The van der Waals surface area contributed by atoms with E-state index in [4.69, 9.17) is 27.8 Å². The minimum atomic E-state index is -3.03. The van der Waals surface area contributed by atoms with Gasteiger partial charge in [-0.05, 0) is 19.1 Å². The number of alkyl halides is 2. The minimum absolute atomic E-state index is 0.354. The maximum absolute atomic E-state index is 14.5. The van der Waals surface area contributed by atoms with Gasteiger partial charge >= 0.3 is 0 Å². The van der Waals surface area contributed by atoms with Crippen molar-refractivity contribution in [3.8, 4) is 0 Å². The summed E-state index contributed by atoms with van der Waals surface area (Å²) in [4.78, 5) is 3.45. The molecule has 0 radical (unpaired) electrons. The quantitative estimate of drug-likeness (QED) is 0.693. The van der Waals surface area contributed by atoms with Gasteiger partial charge in [-0.3, -0.25) is 4.57 Å². The number of hydrogen-bond donors (Lipinski definition) is 3. The molecule has 1 aromatic heterocycles. The summed E-state index contributed by atoms with van der Waals surface area (Å²) in [7, 11) is 0. The van der Waals surface area contributed by atoms with E-state index in [1.165, 1.54) is 0 Å². The van der Waals surface area contributed by atoms with Gasteiger partial charge in [-0.2, -0.15) is 4.98 Å².